The lowest BCUT2D eigenvalue weighted by atomic mass is 10.0. The number of hydrogen-bond donors (Lipinski definition) is 3. The molecule has 0 aliphatic rings. The van der Waals surface area contributed by atoms with Crippen molar-refractivity contribution in [3.05, 3.63) is 0 Å². The molecular formula is C11H19NO5. The largest absolute Gasteiger partial charge is 0.481 e. The van der Waals surface area contributed by atoms with Gasteiger partial charge in [0.15, 0.2) is 0 Å². The van der Waals surface area contributed by atoms with E-state index in [4.69, 9.17) is 10.2 Å². The Balaban J connectivity index is 4.31. The summed E-state index contributed by atoms with van der Waals surface area (Å²) in [5.74, 6) is -3.20. The molecule has 3 N–H and O–H groups in total. The minimum absolute atomic E-state index is 0.103. The van der Waals surface area contributed by atoms with Crippen molar-refractivity contribution in [3.8, 4) is 0 Å². The fraction of sp³-hybridized carbons (Fsp3) is 0.727. The predicted molar refractivity (Wildman–Crippen MR) is 60.4 cm³/mol. The summed E-state index contributed by atoms with van der Waals surface area (Å²) in [7, 11) is 0. The Labute approximate surface area is 100 Å². The van der Waals surface area contributed by atoms with E-state index in [0.29, 0.717) is 0 Å². The third-order valence-corrected chi connectivity index (χ3v) is 2.47. The zero-order valence-corrected chi connectivity index (χ0v) is 10.3. The van der Waals surface area contributed by atoms with Crippen LogP contribution in [0.4, 0.5) is 0 Å². The van der Waals surface area contributed by atoms with Crippen molar-refractivity contribution in [2.75, 3.05) is 0 Å². The molecule has 0 aliphatic carbocycles. The van der Waals surface area contributed by atoms with Gasteiger partial charge in [0.1, 0.15) is 6.04 Å². The summed E-state index contributed by atoms with van der Waals surface area (Å²) < 4.78 is 0. The number of hydrogen-bond acceptors (Lipinski definition) is 3. The van der Waals surface area contributed by atoms with E-state index in [1.807, 2.05) is 0 Å². The summed E-state index contributed by atoms with van der Waals surface area (Å²) >= 11 is 0. The fourth-order valence-electron chi connectivity index (χ4n) is 1.28. The Bertz CT molecular complexity index is 300. The second-order valence-electron chi connectivity index (χ2n) is 4.40. The molecule has 0 heterocycles. The first-order chi connectivity index (χ1) is 7.75. The molecule has 0 spiro atoms. The van der Waals surface area contributed by atoms with Crippen LogP contribution in [0.5, 0.6) is 0 Å². The molecule has 1 amide bonds. The van der Waals surface area contributed by atoms with Crippen LogP contribution in [0.2, 0.25) is 0 Å². The van der Waals surface area contributed by atoms with Crippen molar-refractivity contribution >= 4 is 17.8 Å². The molecule has 0 bridgehead atoms. The Hall–Kier alpha value is -1.59. The third-order valence-electron chi connectivity index (χ3n) is 2.47. The summed E-state index contributed by atoms with van der Waals surface area (Å²) in [4.78, 5) is 32.8. The molecule has 17 heavy (non-hydrogen) atoms. The van der Waals surface area contributed by atoms with Crippen molar-refractivity contribution < 1.29 is 24.6 Å². The topological polar surface area (TPSA) is 104 Å². The van der Waals surface area contributed by atoms with Gasteiger partial charge in [-0.25, -0.2) is 4.79 Å². The SMILES string of the molecule is CC(CCC(=O)O)C(=O)N[C@H](C(=O)O)C(C)C. The number of carbonyl (C=O) groups excluding carboxylic acids is 1. The van der Waals surface area contributed by atoms with E-state index >= 15 is 0 Å². The summed E-state index contributed by atoms with van der Waals surface area (Å²) in [6.45, 7) is 4.97. The van der Waals surface area contributed by atoms with Crippen LogP contribution in [-0.2, 0) is 14.4 Å². The van der Waals surface area contributed by atoms with E-state index in [1.54, 1.807) is 20.8 Å². The maximum Gasteiger partial charge on any atom is 0.326 e. The second kappa shape index (κ2) is 6.88. The highest BCUT2D eigenvalue weighted by molar-refractivity contribution is 5.85. The molecule has 0 saturated carbocycles. The van der Waals surface area contributed by atoms with Gasteiger partial charge in [0.25, 0.3) is 0 Å². The van der Waals surface area contributed by atoms with Gasteiger partial charge in [0.05, 0.1) is 0 Å². The zero-order valence-electron chi connectivity index (χ0n) is 10.3. The quantitative estimate of drug-likeness (QED) is 0.613. The molecule has 6 heteroatoms. The van der Waals surface area contributed by atoms with Crippen molar-refractivity contribution in [1.82, 2.24) is 5.32 Å². The van der Waals surface area contributed by atoms with Gasteiger partial charge in [-0.3, -0.25) is 9.59 Å². The van der Waals surface area contributed by atoms with Crippen molar-refractivity contribution in [2.45, 2.75) is 39.7 Å². The van der Waals surface area contributed by atoms with Gasteiger partial charge >= 0.3 is 11.9 Å². The molecule has 98 valence electrons. The van der Waals surface area contributed by atoms with E-state index in [0.717, 1.165) is 0 Å². The zero-order chi connectivity index (χ0) is 13.6. The van der Waals surface area contributed by atoms with Gasteiger partial charge < -0.3 is 15.5 Å². The number of amides is 1. The average Bonchev–Trinajstić information content (AvgIpc) is 2.20. The minimum atomic E-state index is -1.08. The average molecular weight is 245 g/mol. The normalized spacial score (nSPS) is 14.1. The lowest BCUT2D eigenvalue weighted by molar-refractivity contribution is -0.144. The number of carboxylic acid groups (broad SMARTS) is 2. The Morgan fingerprint density at radius 3 is 2.00 bits per heavy atom. The van der Waals surface area contributed by atoms with Gasteiger partial charge in [0, 0.05) is 12.3 Å². The molecule has 0 aromatic carbocycles. The molecule has 0 radical (unpaired) electrons. The van der Waals surface area contributed by atoms with Crippen LogP contribution in [0.3, 0.4) is 0 Å². The first kappa shape index (κ1) is 15.4. The Kier molecular flexibility index (Phi) is 6.23. The van der Waals surface area contributed by atoms with Crippen LogP contribution < -0.4 is 5.32 Å². The number of nitrogens with one attached hydrogen (secondary N) is 1. The second-order valence-corrected chi connectivity index (χ2v) is 4.40. The molecule has 0 aromatic heterocycles. The van der Waals surface area contributed by atoms with Gasteiger partial charge in [-0.2, -0.15) is 0 Å². The summed E-state index contributed by atoms with van der Waals surface area (Å²) in [6, 6.07) is -0.935. The van der Waals surface area contributed by atoms with Crippen LogP contribution in [0, 0.1) is 11.8 Å². The lowest BCUT2D eigenvalue weighted by Gasteiger charge is -2.20. The summed E-state index contributed by atoms with van der Waals surface area (Å²) in [5, 5.41) is 19.8. The van der Waals surface area contributed by atoms with Crippen LogP contribution in [0.1, 0.15) is 33.6 Å². The van der Waals surface area contributed by atoms with Crippen molar-refractivity contribution in [2.24, 2.45) is 11.8 Å². The van der Waals surface area contributed by atoms with E-state index in [2.05, 4.69) is 5.32 Å². The van der Waals surface area contributed by atoms with Gasteiger partial charge in [-0.1, -0.05) is 20.8 Å². The fourth-order valence-corrected chi connectivity index (χ4v) is 1.28. The molecule has 0 fully saturated rings. The molecule has 1 unspecified atom stereocenters. The standard InChI is InChI=1S/C11H19NO5/c1-6(2)9(11(16)17)12-10(15)7(3)4-5-8(13)14/h6-7,9H,4-5H2,1-3H3,(H,12,15)(H,13,14)(H,16,17)/t7?,9-/m0/s1. The highest BCUT2D eigenvalue weighted by atomic mass is 16.4. The third kappa shape index (κ3) is 5.89. The smallest absolute Gasteiger partial charge is 0.326 e. The molecule has 6 nitrogen and oxygen atoms in total. The first-order valence-corrected chi connectivity index (χ1v) is 5.50. The highest BCUT2D eigenvalue weighted by Crippen LogP contribution is 2.08. The molecule has 0 saturated heterocycles. The Morgan fingerprint density at radius 2 is 1.65 bits per heavy atom. The Morgan fingerprint density at radius 1 is 1.12 bits per heavy atom. The predicted octanol–water partition coefficient (Wildman–Crippen LogP) is 0.713. The number of aliphatic carboxylic acids is 2. The monoisotopic (exact) mass is 245 g/mol. The summed E-state index contributed by atoms with van der Waals surface area (Å²) in [6.07, 6.45) is 0.0968. The first-order valence-electron chi connectivity index (χ1n) is 5.50. The number of carbonyl (C=O) groups is 3. The van der Waals surface area contributed by atoms with Gasteiger partial charge in [0.2, 0.25) is 5.91 Å². The lowest BCUT2D eigenvalue weighted by Crippen LogP contribution is -2.46. The van der Waals surface area contributed by atoms with Crippen LogP contribution >= 0.6 is 0 Å². The van der Waals surface area contributed by atoms with E-state index in [-0.39, 0.29) is 18.8 Å². The van der Waals surface area contributed by atoms with Crippen LogP contribution in [-0.4, -0.2) is 34.1 Å². The number of carboxylic acids is 2. The number of rotatable bonds is 7. The maximum atomic E-state index is 11.6. The molecule has 0 aromatic rings. The minimum Gasteiger partial charge on any atom is -0.481 e. The molecular weight excluding hydrogens is 226 g/mol. The van der Waals surface area contributed by atoms with E-state index < -0.39 is 29.8 Å². The van der Waals surface area contributed by atoms with Crippen LogP contribution in [0.15, 0.2) is 0 Å². The van der Waals surface area contributed by atoms with Gasteiger partial charge in [-0.15, -0.1) is 0 Å². The van der Waals surface area contributed by atoms with E-state index in [9.17, 15) is 14.4 Å². The van der Waals surface area contributed by atoms with Gasteiger partial charge in [-0.05, 0) is 12.3 Å². The highest BCUT2D eigenvalue weighted by Gasteiger charge is 2.25. The molecule has 2 atom stereocenters. The van der Waals surface area contributed by atoms with Crippen molar-refractivity contribution in [1.29, 1.82) is 0 Å². The maximum absolute atomic E-state index is 11.6. The molecule has 0 aliphatic heterocycles. The molecule has 0 rings (SSSR count). The van der Waals surface area contributed by atoms with Crippen LogP contribution in [0.25, 0.3) is 0 Å². The van der Waals surface area contributed by atoms with Crippen molar-refractivity contribution in [3.63, 3.8) is 0 Å². The summed E-state index contributed by atoms with van der Waals surface area (Å²) in [5.41, 5.74) is 0. The van der Waals surface area contributed by atoms with E-state index in [1.165, 1.54) is 0 Å².